The van der Waals surface area contributed by atoms with Gasteiger partial charge in [-0.15, -0.1) is 11.3 Å². The average Bonchev–Trinajstić information content (AvgIpc) is 3.36. The minimum absolute atomic E-state index is 0.108. The molecule has 178 valence electrons. The van der Waals surface area contributed by atoms with Gasteiger partial charge in [0.05, 0.1) is 7.11 Å². The molecule has 33 heavy (non-hydrogen) atoms. The van der Waals surface area contributed by atoms with Crippen molar-refractivity contribution in [2.75, 3.05) is 44.7 Å². The molecular formula is C24H31N3O4S2. The molecule has 0 spiro atoms. The van der Waals surface area contributed by atoms with Crippen molar-refractivity contribution in [3.05, 3.63) is 52.2 Å². The molecule has 1 aliphatic heterocycles. The number of nitrogens with zero attached hydrogens (tertiary/aromatic N) is 2. The van der Waals surface area contributed by atoms with Gasteiger partial charge < -0.3 is 15.0 Å². The zero-order valence-corrected chi connectivity index (χ0v) is 20.6. The first-order chi connectivity index (χ1) is 16.0. The van der Waals surface area contributed by atoms with E-state index in [4.69, 9.17) is 4.74 Å². The Bertz CT molecular complexity index is 1100. The second-order valence-electron chi connectivity index (χ2n) is 8.32. The highest BCUT2D eigenvalue weighted by molar-refractivity contribution is 7.89. The number of carbonyl (C=O) groups excluding carboxylic acids is 1. The Labute approximate surface area is 200 Å². The number of nitrogens with one attached hydrogen (secondary N) is 1. The van der Waals surface area contributed by atoms with Crippen LogP contribution in [-0.2, 0) is 10.0 Å². The SMILES string of the molecule is COc1cccc(N2CCN(S(=O)(=O)c3ccsc3C(=O)NCCC3=CCCCC3)CC2)c1. The summed E-state index contributed by atoms with van der Waals surface area (Å²) in [6.45, 7) is 2.41. The van der Waals surface area contributed by atoms with Crippen molar-refractivity contribution < 1.29 is 17.9 Å². The van der Waals surface area contributed by atoms with Crippen LogP contribution >= 0.6 is 11.3 Å². The standard InChI is InChI=1S/C24H31N3O4S2/c1-31-21-9-5-8-20(18-21)26-13-15-27(16-14-26)33(29,30)22-11-17-32-23(22)24(28)25-12-10-19-6-3-2-4-7-19/h5-6,8-9,11,17-18H,2-4,7,10,12-16H2,1H3,(H,25,28). The molecule has 0 saturated carbocycles. The predicted molar refractivity (Wildman–Crippen MR) is 132 cm³/mol. The summed E-state index contributed by atoms with van der Waals surface area (Å²) in [7, 11) is -2.11. The zero-order chi connectivity index (χ0) is 23.3. The van der Waals surface area contributed by atoms with Crippen LogP contribution in [0, 0.1) is 0 Å². The van der Waals surface area contributed by atoms with E-state index in [2.05, 4.69) is 16.3 Å². The van der Waals surface area contributed by atoms with Gasteiger partial charge in [-0.1, -0.05) is 17.7 Å². The third-order valence-corrected chi connectivity index (χ3v) is 9.21. The van der Waals surface area contributed by atoms with Crippen molar-refractivity contribution in [1.29, 1.82) is 0 Å². The van der Waals surface area contributed by atoms with Crippen molar-refractivity contribution in [3.63, 3.8) is 0 Å². The first-order valence-corrected chi connectivity index (χ1v) is 13.7. The van der Waals surface area contributed by atoms with Gasteiger partial charge in [-0.05, 0) is 55.7 Å². The van der Waals surface area contributed by atoms with Crippen LogP contribution in [0.5, 0.6) is 5.75 Å². The Morgan fingerprint density at radius 1 is 1.15 bits per heavy atom. The number of methoxy groups -OCH3 is 1. The molecular weight excluding hydrogens is 458 g/mol. The molecule has 1 N–H and O–H groups in total. The molecule has 0 unspecified atom stereocenters. The Morgan fingerprint density at radius 2 is 1.97 bits per heavy atom. The molecule has 2 aromatic rings. The zero-order valence-electron chi connectivity index (χ0n) is 19.0. The number of amides is 1. The van der Waals surface area contributed by atoms with Crippen LogP contribution in [0.1, 0.15) is 41.8 Å². The number of anilines is 1. The minimum Gasteiger partial charge on any atom is -0.497 e. The first-order valence-electron chi connectivity index (χ1n) is 11.4. The predicted octanol–water partition coefficient (Wildman–Crippen LogP) is 3.89. The van der Waals surface area contributed by atoms with E-state index in [0.717, 1.165) is 30.7 Å². The fourth-order valence-electron chi connectivity index (χ4n) is 4.35. The molecule has 0 radical (unpaired) electrons. The van der Waals surface area contributed by atoms with Crippen LogP contribution in [0.3, 0.4) is 0 Å². The summed E-state index contributed by atoms with van der Waals surface area (Å²) in [5.41, 5.74) is 2.39. The van der Waals surface area contributed by atoms with E-state index in [-0.39, 0.29) is 15.7 Å². The molecule has 2 heterocycles. The largest absolute Gasteiger partial charge is 0.497 e. The minimum atomic E-state index is -3.74. The number of benzene rings is 1. The lowest BCUT2D eigenvalue weighted by Gasteiger charge is -2.35. The Balaban J connectivity index is 1.37. The van der Waals surface area contributed by atoms with Gasteiger partial charge in [0.25, 0.3) is 5.91 Å². The molecule has 9 heteroatoms. The van der Waals surface area contributed by atoms with E-state index in [1.807, 2.05) is 24.3 Å². The van der Waals surface area contributed by atoms with Gasteiger partial charge in [0.1, 0.15) is 15.5 Å². The molecule has 1 aliphatic carbocycles. The third kappa shape index (κ3) is 5.59. The molecule has 2 aliphatic rings. The second kappa shape index (κ2) is 10.7. The Hall–Kier alpha value is -2.36. The molecule has 1 amide bonds. The van der Waals surface area contributed by atoms with Crippen molar-refractivity contribution >= 4 is 33.0 Å². The highest BCUT2D eigenvalue weighted by atomic mass is 32.2. The number of ether oxygens (including phenoxy) is 1. The van der Waals surface area contributed by atoms with Gasteiger partial charge in [0.2, 0.25) is 10.0 Å². The van der Waals surface area contributed by atoms with E-state index in [1.54, 1.807) is 18.6 Å². The van der Waals surface area contributed by atoms with Gasteiger partial charge in [-0.2, -0.15) is 4.31 Å². The number of piperazine rings is 1. The van der Waals surface area contributed by atoms with Gasteiger partial charge in [0, 0.05) is 44.5 Å². The number of rotatable bonds is 8. The topological polar surface area (TPSA) is 79.0 Å². The monoisotopic (exact) mass is 489 g/mol. The Kier molecular flexibility index (Phi) is 7.72. The molecule has 1 aromatic heterocycles. The summed E-state index contributed by atoms with van der Waals surface area (Å²) >= 11 is 1.18. The number of hydrogen-bond acceptors (Lipinski definition) is 6. The van der Waals surface area contributed by atoms with Gasteiger partial charge >= 0.3 is 0 Å². The number of thiophene rings is 1. The highest BCUT2D eigenvalue weighted by Gasteiger charge is 2.32. The number of allylic oxidation sites excluding steroid dienone is 1. The third-order valence-electron chi connectivity index (χ3n) is 6.23. The fraction of sp³-hybridized carbons (Fsp3) is 0.458. The lowest BCUT2D eigenvalue weighted by molar-refractivity contribution is 0.0955. The van der Waals surface area contributed by atoms with Crippen molar-refractivity contribution in [1.82, 2.24) is 9.62 Å². The van der Waals surface area contributed by atoms with Gasteiger partial charge in [0.15, 0.2) is 0 Å². The van der Waals surface area contributed by atoms with Crippen LogP contribution in [0.15, 0.2) is 52.3 Å². The molecule has 7 nitrogen and oxygen atoms in total. The number of carbonyl (C=O) groups is 1. The molecule has 4 rings (SSSR count). The van der Waals surface area contributed by atoms with Crippen LogP contribution in [-0.4, -0.2) is 58.5 Å². The van der Waals surface area contributed by atoms with E-state index in [9.17, 15) is 13.2 Å². The van der Waals surface area contributed by atoms with E-state index >= 15 is 0 Å². The van der Waals surface area contributed by atoms with Gasteiger partial charge in [-0.3, -0.25) is 4.79 Å². The molecule has 1 fully saturated rings. The number of hydrogen-bond donors (Lipinski definition) is 1. The second-order valence-corrected chi connectivity index (χ2v) is 11.1. The van der Waals surface area contributed by atoms with Crippen LogP contribution < -0.4 is 15.0 Å². The summed E-state index contributed by atoms with van der Waals surface area (Å²) < 4.78 is 33.5. The van der Waals surface area contributed by atoms with Crippen LogP contribution in [0.25, 0.3) is 0 Å². The summed E-state index contributed by atoms with van der Waals surface area (Å²) in [5, 5.41) is 4.59. The summed E-state index contributed by atoms with van der Waals surface area (Å²) in [6, 6.07) is 9.32. The lowest BCUT2D eigenvalue weighted by Crippen LogP contribution is -2.48. The van der Waals surface area contributed by atoms with Crippen molar-refractivity contribution in [3.8, 4) is 5.75 Å². The molecule has 1 aromatic carbocycles. The summed E-state index contributed by atoms with van der Waals surface area (Å²) in [4.78, 5) is 15.3. The highest BCUT2D eigenvalue weighted by Crippen LogP contribution is 2.28. The van der Waals surface area contributed by atoms with E-state index < -0.39 is 10.0 Å². The maximum atomic E-state index is 13.3. The fourth-order valence-corrected chi connectivity index (χ4v) is 7.09. The van der Waals surface area contributed by atoms with Crippen LogP contribution in [0.4, 0.5) is 5.69 Å². The smallest absolute Gasteiger partial charge is 0.262 e. The molecule has 0 bridgehead atoms. The maximum Gasteiger partial charge on any atom is 0.262 e. The lowest BCUT2D eigenvalue weighted by atomic mass is 9.97. The van der Waals surface area contributed by atoms with Gasteiger partial charge in [-0.25, -0.2) is 8.42 Å². The van der Waals surface area contributed by atoms with Crippen LogP contribution in [0.2, 0.25) is 0 Å². The summed E-state index contributed by atoms with van der Waals surface area (Å²) in [6.07, 6.45) is 7.74. The number of sulfonamides is 1. The van der Waals surface area contributed by atoms with E-state index in [1.165, 1.54) is 34.1 Å². The van der Waals surface area contributed by atoms with Crippen molar-refractivity contribution in [2.45, 2.75) is 37.0 Å². The quantitative estimate of drug-likeness (QED) is 0.569. The first kappa shape index (κ1) is 23.8. The van der Waals surface area contributed by atoms with E-state index in [0.29, 0.717) is 32.7 Å². The molecule has 0 atom stereocenters. The van der Waals surface area contributed by atoms with Crippen molar-refractivity contribution in [2.24, 2.45) is 0 Å². The Morgan fingerprint density at radius 3 is 2.70 bits per heavy atom. The maximum absolute atomic E-state index is 13.3. The normalized spacial score (nSPS) is 17.5. The average molecular weight is 490 g/mol. The molecule has 1 saturated heterocycles. The summed E-state index contributed by atoms with van der Waals surface area (Å²) in [5.74, 6) is 0.464.